The normalized spacial score (nSPS) is 11.0. The molecule has 2 rings (SSSR count). The number of ether oxygens (including phenoxy) is 2. The first-order valence-corrected chi connectivity index (χ1v) is 7.74. The van der Waals surface area contributed by atoms with Crippen molar-refractivity contribution in [3.05, 3.63) is 59.9 Å². The average molecular weight is 331 g/mol. The number of hydrogen-bond donors (Lipinski definition) is 1. The van der Waals surface area contributed by atoms with Crippen LogP contribution in [0, 0.1) is 5.82 Å². The molecule has 0 atom stereocenters. The first kappa shape index (κ1) is 17.8. The molecule has 4 nitrogen and oxygen atoms in total. The van der Waals surface area contributed by atoms with Gasteiger partial charge in [0.2, 0.25) is 5.91 Å². The van der Waals surface area contributed by atoms with Crippen molar-refractivity contribution in [2.45, 2.75) is 19.3 Å². The minimum Gasteiger partial charge on any atom is -0.497 e. The SMILES string of the molecule is COc1ccc(OCCNC(=O)C(C)(C)c2ccc(F)cc2)cc1. The number of hydrogen-bond acceptors (Lipinski definition) is 3. The van der Waals surface area contributed by atoms with E-state index in [0.29, 0.717) is 18.9 Å². The highest BCUT2D eigenvalue weighted by Crippen LogP contribution is 2.23. The maximum absolute atomic E-state index is 13.0. The van der Waals surface area contributed by atoms with Gasteiger partial charge in [0.05, 0.1) is 19.1 Å². The topological polar surface area (TPSA) is 47.6 Å². The van der Waals surface area contributed by atoms with E-state index < -0.39 is 5.41 Å². The summed E-state index contributed by atoms with van der Waals surface area (Å²) in [6.07, 6.45) is 0. The van der Waals surface area contributed by atoms with E-state index >= 15 is 0 Å². The first-order chi connectivity index (χ1) is 11.4. The Kier molecular flexibility index (Phi) is 5.79. The average Bonchev–Trinajstić information content (AvgIpc) is 2.59. The quantitative estimate of drug-likeness (QED) is 0.792. The van der Waals surface area contributed by atoms with Crippen molar-refractivity contribution in [1.82, 2.24) is 5.32 Å². The second-order valence-corrected chi connectivity index (χ2v) is 5.91. The Morgan fingerprint density at radius 1 is 1.04 bits per heavy atom. The number of benzene rings is 2. The Balaban J connectivity index is 1.82. The third-order valence-electron chi connectivity index (χ3n) is 3.85. The minimum absolute atomic E-state index is 0.132. The number of methoxy groups -OCH3 is 1. The Labute approximate surface area is 141 Å². The first-order valence-electron chi connectivity index (χ1n) is 7.74. The van der Waals surface area contributed by atoms with E-state index in [4.69, 9.17) is 9.47 Å². The molecule has 128 valence electrons. The molecule has 0 saturated carbocycles. The molecule has 2 aromatic rings. The van der Waals surface area contributed by atoms with Gasteiger partial charge in [-0.25, -0.2) is 4.39 Å². The zero-order valence-corrected chi connectivity index (χ0v) is 14.1. The molecule has 0 saturated heterocycles. The van der Waals surface area contributed by atoms with Gasteiger partial charge in [-0.3, -0.25) is 4.79 Å². The van der Waals surface area contributed by atoms with Crippen molar-refractivity contribution in [3.8, 4) is 11.5 Å². The molecule has 0 radical (unpaired) electrons. The number of nitrogens with one attached hydrogen (secondary N) is 1. The number of carbonyl (C=O) groups is 1. The highest BCUT2D eigenvalue weighted by Gasteiger charge is 2.29. The van der Waals surface area contributed by atoms with Crippen LogP contribution < -0.4 is 14.8 Å². The van der Waals surface area contributed by atoms with Crippen molar-refractivity contribution in [3.63, 3.8) is 0 Å². The lowest BCUT2D eigenvalue weighted by molar-refractivity contribution is -0.125. The molecule has 1 amide bonds. The summed E-state index contributed by atoms with van der Waals surface area (Å²) >= 11 is 0. The molecule has 0 fully saturated rings. The Morgan fingerprint density at radius 3 is 2.21 bits per heavy atom. The molecule has 24 heavy (non-hydrogen) atoms. The predicted octanol–water partition coefficient (Wildman–Crippen LogP) is 3.31. The van der Waals surface area contributed by atoms with Crippen LogP contribution >= 0.6 is 0 Å². The van der Waals surface area contributed by atoms with Crippen LogP contribution in [0.3, 0.4) is 0 Å². The second-order valence-electron chi connectivity index (χ2n) is 5.91. The molecule has 0 bridgehead atoms. The number of carbonyl (C=O) groups excluding carboxylic acids is 1. The molecule has 0 aliphatic rings. The summed E-state index contributed by atoms with van der Waals surface area (Å²) in [6.45, 7) is 4.35. The van der Waals surface area contributed by atoms with Gasteiger partial charge in [-0.1, -0.05) is 12.1 Å². The summed E-state index contributed by atoms with van der Waals surface area (Å²) in [5, 5.41) is 2.85. The molecule has 1 N–H and O–H groups in total. The highest BCUT2D eigenvalue weighted by molar-refractivity contribution is 5.87. The fourth-order valence-electron chi connectivity index (χ4n) is 2.22. The van der Waals surface area contributed by atoms with Gasteiger partial charge in [-0.05, 0) is 55.8 Å². The largest absolute Gasteiger partial charge is 0.497 e. The number of amides is 1. The van der Waals surface area contributed by atoms with Gasteiger partial charge in [0.15, 0.2) is 0 Å². The maximum Gasteiger partial charge on any atom is 0.230 e. The van der Waals surface area contributed by atoms with Crippen LogP contribution in [-0.2, 0) is 10.2 Å². The zero-order valence-electron chi connectivity index (χ0n) is 14.1. The summed E-state index contributed by atoms with van der Waals surface area (Å²) in [5.41, 5.74) is 0.0193. The van der Waals surface area contributed by atoms with E-state index in [1.165, 1.54) is 12.1 Å². The van der Waals surface area contributed by atoms with Crippen LogP contribution in [0.4, 0.5) is 4.39 Å². The van der Waals surface area contributed by atoms with E-state index in [-0.39, 0.29) is 11.7 Å². The van der Waals surface area contributed by atoms with Crippen molar-refractivity contribution < 1.29 is 18.7 Å². The smallest absolute Gasteiger partial charge is 0.230 e. The molecule has 5 heteroatoms. The highest BCUT2D eigenvalue weighted by atomic mass is 19.1. The van der Waals surface area contributed by atoms with E-state index in [1.807, 2.05) is 24.3 Å². The van der Waals surface area contributed by atoms with Gasteiger partial charge in [0.1, 0.15) is 23.9 Å². The second kappa shape index (κ2) is 7.81. The molecule has 0 unspecified atom stereocenters. The Hall–Kier alpha value is -2.56. The van der Waals surface area contributed by atoms with Gasteiger partial charge in [-0.15, -0.1) is 0 Å². The fraction of sp³-hybridized carbons (Fsp3) is 0.316. The Bertz CT molecular complexity index is 666. The molecule has 0 aliphatic heterocycles. The van der Waals surface area contributed by atoms with E-state index in [1.54, 1.807) is 33.1 Å². The van der Waals surface area contributed by atoms with Crippen LogP contribution in [0.1, 0.15) is 19.4 Å². The van der Waals surface area contributed by atoms with Crippen LogP contribution in [0.15, 0.2) is 48.5 Å². The lowest BCUT2D eigenvalue weighted by Gasteiger charge is -2.24. The molecule has 0 aromatic heterocycles. The maximum atomic E-state index is 13.0. The number of rotatable bonds is 7. The van der Waals surface area contributed by atoms with E-state index in [9.17, 15) is 9.18 Å². The van der Waals surface area contributed by atoms with Gasteiger partial charge in [0, 0.05) is 0 Å². The third-order valence-corrected chi connectivity index (χ3v) is 3.85. The third kappa shape index (κ3) is 4.47. The summed E-state index contributed by atoms with van der Waals surface area (Å²) < 4.78 is 23.7. The van der Waals surface area contributed by atoms with Crippen LogP contribution in [0.5, 0.6) is 11.5 Å². The zero-order chi connectivity index (χ0) is 17.6. The summed E-state index contributed by atoms with van der Waals surface area (Å²) in [4.78, 5) is 12.4. The lowest BCUT2D eigenvalue weighted by Crippen LogP contribution is -2.41. The Morgan fingerprint density at radius 2 is 1.62 bits per heavy atom. The molecule has 0 heterocycles. The molecule has 0 aliphatic carbocycles. The minimum atomic E-state index is -0.742. The summed E-state index contributed by atoms with van der Waals surface area (Å²) in [5.74, 6) is 1.02. The molecule has 2 aromatic carbocycles. The number of halogens is 1. The van der Waals surface area contributed by atoms with Gasteiger partial charge in [0.25, 0.3) is 0 Å². The van der Waals surface area contributed by atoms with Crippen molar-refractivity contribution in [1.29, 1.82) is 0 Å². The van der Waals surface area contributed by atoms with E-state index in [0.717, 1.165) is 11.3 Å². The molecule has 0 spiro atoms. The van der Waals surface area contributed by atoms with Crippen molar-refractivity contribution in [2.75, 3.05) is 20.3 Å². The predicted molar refractivity (Wildman–Crippen MR) is 90.9 cm³/mol. The molecular formula is C19H22FNO3. The van der Waals surface area contributed by atoms with Gasteiger partial charge >= 0.3 is 0 Å². The van der Waals surface area contributed by atoms with E-state index in [2.05, 4.69) is 5.32 Å². The van der Waals surface area contributed by atoms with Crippen molar-refractivity contribution >= 4 is 5.91 Å². The standard InChI is InChI=1S/C19H22FNO3/c1-19(2,14-4-6-15(20)7-5-14)18(22)21-12-13-24-17-10-8-16(23-3)9-11-17/h4-11H,12-13H2,1-3H3,(H,21,22). The van der Waals surface area contributed by atoms with Crippen LogP contribution in [0.25, 0.3) is 0 Å². The fourth-order valence-corrected chi connectivity index (χ4v) is 2.22. The van der Waals surface area contributed by atoms with Crippen LogP contribution in [-0.4, -0.2) is 26.2 Å². The van der Waals surface area contributed by atoms with Crippen molar-refractivity contribution in [2.24, 2.45) is 0 Å². The summed E-state index contributed by atoms with van der Waals surface area (Å²) in [7, 11) is 1.61. The molecular weight excluding hydrogens is 309 g/mol. The van der Waals surface area contributed by atoms with Gasteiger partial charge < -0.3 is 14.8 Å². The lowest BCUT2D eigenvalue weighted by atomic mass is 9.84. The monoisotopic (exact) mass is 331 g/mol. The van der Waals surface area contributed by atoms with Crippen LogP contribution in [0.2, 0.25) is 0 Å². The summed E-state index contributed by atoms with van der Waals surface area (Å²) in [6, 6.07) is 13.2. The van der Waals surface area contributed by atoms with Gasteiger partial charge in [-0.2, -0.15) is 0 Å².